The Balaban J connectivity index is 1.79. The minimum atomic E-state index is -0.473. The molecule has 6 heteroatoms. The third kappa shape index (κ3) is 2.34. The van der Waals surface area contributed by atoms with E-state index in [1.165, 1.54) is 6.26 Å². The van der Waals surface area contributed by atoms with Crippen LogP contribution in [0.25, 0.3) is 11.5 Å². The monoisotopic (exact) mass is 307 g/mol. The first-order valence-electron chi connectivity index (χ1n) is 7.18. The van der Waals surface area contributed by atoms with E-state index in [2.05, 4.69) is 9.97 Å². The average Bonchev–Trinajstić information content (AvgIpc) is 3.17. The number of nitrogens with zero attached hydrogens (tertiary/aromatic N) is 2. The summed E-state index contributed by atoms with van der Waals surface area (Å²) >= 11 is 0. The Morgan fingerprint density at radius 1 is 1.09 bits per heavy atom. The van der Waals surface area contributed by atoms with Gasteiger partial charge in [0.15, 0.2) is 5.76 Å². The van der Waals surface area contributed by atoms with E-state index in [-0.39, 0.29) is 5.95 Å². The molecule has 1 unspecified atom stereocenters. The lowest BCUT2D eigenvalue weighted by molar-refractivity contribution is 0.0382. The number of aromatic nitrogens is 2. The first-order chi connectivity index (χ1) is 11.2. The van der Waals surface area contributed by atoms with Crippen molar-refractivity contribution in [2.75, 3.05) is 5.73 Å². The number of anilines is 1. The fourth-order valence-electron chi connectivity index (χ4n) is 2.73. The molecule has 0 amide bonds. The minimum Gasteiger partial charge on any atom is -0.463 e. The van der Waals surface area contributed by atoms with Crippen molar-refractivity contribution < 1.29 is 13.9 Å². The molecule has 0 fully saturated rings. The van der Waals surface area contributed by atoms with Gasteiger partial charge in [0, 0.05) is 6.42 Å². The number of nitrogens with two attached hydrogens (primary N) is 1. The van der Waals surface area contributed by atoms with Crippen LogP contribution in [0.2, 0.25) is 0 Å². The number of hydrogen-bond donors (Lipinski definition) is 1. The number of ether oxygens (including phenoxy) is 1. The van der Waals surface area contributed by atoms with Crippen molar-refractivity contribution in [2.45, 2.75) is 12.5 Å². The van der Waals surface area contributed by atoms with E-state index in [0.29, 0.717) is 29.1 Å². The van der Waals surface area contributed by atoms with E-state index in [9.17, 15) is 4.79 Å². The highest BCUT2D eigenvalue weighted by Gasteiger charge is 2.37. The summed E-state index contributed by atoms with van der Waals surface area (Å²) in [5, 5.41) is 0. The fourth-order valence-corrected chi connectivity index (χ4v) is 2.73. The van der Waals surface area contributed by atoms with Gasteiger partial charge in [0.25, 0.3) is 0 Å². The van der Waals surface area contributed by atoms with Gasteiger partial charge < -0.3 is 14.9 Å². The average molecular weight is 307 g/mol. The standard InChI is InChI=1S/C17H13N3O3/c18-17-19-14(11-7-4-8-22-11)13-15(20-17)12(23-16(13)21)9-10-5-2-1-3-6-10/h1-8,12H,9H2,(H2,18,19,20). The lowest BCUT2D eigenvalue weighted by Crippen LogP contribution is -2.07. The molecule has 2 N–H and O–H groups in total. The van der Waals surface area contributed by atoms with Gasteiger partial charge in [-0.2, -0.15) is 0 Å². The van der Waals surface area contributed by atoms with Crippen molar-refractivity contribution in [3.05, 3.63) is 65.5 Å². The number of benzene rings is 1. The highest BCUT2D eigenvalue weighted by Crippen LogP contribution is 2.37. The second-order valence-corrected chi connectivity index (χ2v) is 5.25. The van der Waals surface area contributed by atoms with Crippen molar-refractivity contribution >= 4 is 11.9 Å². The fraction of sp³-hybridized carbons (Fsp3) is 0.118. The third-order valence-electron chi connectivity index (χ3n) is 3.73. The van der Waals surface area contributed by atoms with Crippen LogP contribution < -0.4 is 5.73 Å². The Morgan fingerprint density at radius 3 is 2.65 bits per heavy atom. The zero-order chi connectivity index (χ0) is 15.8. The first-order valence-corrected chi connectivity index (χ1v) is 7.18. The van der Waals surface area contributed by atoms with E-state index < -0.39 is 12.1 Å². The molecule has 114 valence electrons. The van der Waals surface area contributed by atoms with Crippen molar-refractivity contribution in [1.29, 1.82) is 0 Å². The molecule has 1 atom stereocenters. The Kier molecular flexibility index (Phi) is 3.08. The Bertz CT molecular complexity index is 860. The van der Waals surface area contributed by atoms with Crippen molar-refractivity contribution in [3.8, 4) is 11.5 Å². The van der Waals surface area contributed by atoms with Crippen molar-refractivity contribution in [3.63, 3.8) is 0 Å². The van der Waals surface area contributed by atoms with Crippen LogP contribution in [0, 0.1) is 0 Å². The molecule has 1 aliphatic heterocycles. The van der Waals surface area contributed by atoms with Gasteiger partial charge in [0.2, 0.25) is 5.95 Å². The van der Waals surface area contributed by atoms with Crippen LogP contribution >= 0.6 is 0 Å². The molecule has 3 aromatic rings. The number of hydrogen-bond acceptors (Lipinski definition) is 6. The summed E-state index contributed by atoms with van der Waals surface area (Å²) in [6.07, 6.45) is 1.58. The molecule has 0 bridgehead atoms. The molecular formula is C17H13N3O3. The molecule has 0 spiro atoms. The number of fused-ring (bicyclic) bond motifs is 1. The number of rotatable bonds is 3. The Labute approximate surface area is 131 Å². The predicted octanol–water partition coefficient (Wildman–Crippen LogP) is 2.77. The molecule has 4 rings (SSSR count). The molecule has 0 saturated heterocycles. The SMILES string of the molecule is Nc1nc(-c2ccco2)c2c(n1)C(Cc1ccccc1)OC2=O. The van der Waals surface area contributed by atoms with E-state index in [1.54, 1.807) is 12.1 Å². The Hall–Kier alpha value is -3.15. The van der Waals surface area contributed by atoms with E-state index in [1.807, 2.05) is 30.3 Å². The summed E-state index contributed by atoms with van der Waals surface area (Å²) in [4.78, 5) is 20.7. The largest absolute Gasteiger partial charge is 0.463 e. The highest BCUT2D eigenvalue weighted by atomic mass is 16.5. The van der Waals surface area contributed by atoms with Crippen LogP contribution in [-0.2, 0) is 11.2 Å². The summed E-state index contributed by atoms with van der Waals surface area (Å²) in [7, 11) is 0. The van der Waals surface area contributed by atoms with Gasteiger partial charge in [-0.1, -0.05) is 30.3 Å². The number of cyclic esters (lactones) is 1. The molecule has 1 aliphatic rings. The summed E-state index contributed by atoms with van der Waals surface area (Å²) < 4.78 is 10.8. The van der Waals surface area contributed by atoms with Gasteiger partial charge in [0.1, 0.15) is 23.1 Å². The van der Waals surface area contributed by atoms with Gasteiger partial charge in [-0.15, -0.1) is 0 Å². The maximum absolute atomic E-state index is 12.3. The van der Waals surface area contributed by atoms with E-state index in [0.717, 1.165) is 5.56 Å². The predicted molar refractivity (Wildman–Crippen MR) is 82.4 cm³/mol. The molecule has 1 aromatic carbocycles. The minimum absolute atomic E-state index is 0.0894. The number of esters is 1. The van der Waals surface area contributed by atoms with Crippen LogP contribution in [0.1, 0.15) is 27.7 Å². The van der Waals surface area contributed by atoms with Gasteiger partial charge in [-0.25, -0.2) is 14.8 Å². The van der Waals surface area contributed by atoms with Gasteiger partial charge in [-0.3, -0.25) is 0 Å². The van der Waals surface area contributed by atoms with Crippen LogP contribution in [0.5, 0.6) is 0 Å². The first kappa shape index (κ1) is 13.5. The quantitative estimate of drug-likeness (QED) is 0.748. The molecule has 0 aliphatic carbocycles. The van der Waals surface area contributed by atoms with E-state index in [4.69, 9.17) is 14.9 Å². The second kappa shape index (κ2) is 5.24. The van der Waals surface area contributed by atoms with Crippen LogP contribution in [-0.4, -0.2) is 15.9 Å². The highest BCUT2D eigenvalue weighted by molar-refractivity contribution is 5.99. The molecule has 0 radical (unpaired) electrons. The smallest absolute Gasteiger partial charge is 0.343 e. The van der Waals surface area contributed by atoms with Crippen LogP contribution in [0.15, 0.2) is 53.1 Å². The van der Waals surface area contributed by atoms with Crippen LogP contribution in [0.4, 0.5) is 5.95 Å². The molecule has 3 heterocycles. The summed E-state index contributed by atoms with van der Waals surface area (Å²) in [5.74, 6) is 0.103. The van der Waals surface area contributed by atoms with Gasteiger partial charge in [0.05, 0.1) is 6.26 Å². The van der Waals surface area contributed by atoms with Gasteiger partial charge >= 0.3 is 5.97 Å². The summed E-state index contributed by atoms with van der Waals surface area (Å²) in [6, 6.07) is 13.2. The zero-order valence-electron chi connectivity index (χ0n) is 12.1. The van der Waals surface area contributed by atoms with E-state index >= 15 is 0 Å². The third-order valence-corrected chi connectivity index (χ3v) is 3.73. The molecule has 23 heavy (non-hydrogen) atoms. The normalized spacial score (nSPS) is 16.2. The second-order valence-electron chi connectivity index (χ2n) is 5.25. The van der Waals surface area contributed by atoms with Gasteiger partial charge in [-0.05, 0) is 17.7 Å². The number of furan rings is 1. The summed E-state index contributed by atoms with van der Waals surface area (Å²) in [6.45, 7) is 0. The number of carbonyl (C=O) groups excluding carboxylic acids is 1. The molecular weight excluding hydrogens is 294 g/mol. The zero-order valence-corrected chi connectivity index (χ0v) is 12.1. The Morgan fingerprint density at radius 2 is 1.91 bits per heavy atom. The maximum atomic E-state index is 12.3. The lowest BCUT2D eigenvalue weighted by Gasteiger charge is -2.10. The number of nitrogen functional groups attached to an aromatic ring is 1. The van der Waals surface area contributed by atoms with Crippen molar-refractivity contribution in [2.24, 2.45) is 0 Å². The molecule has 6 nitrogen and oxygen atoms in total. The maximum Gasteiger partial charge on any atom is 0.343 e. The molecule has 2 aromatic heterocycles. The lowest BCUT2D eigenvalue weighted by atomic mass is 10.0. The van der Waals surface area contributed by atoms with Crippen molar-refractivity contribution in [1.82, 2.24) is 9.97 Å². The van der Waals surface area contributed by atoms with Crippen LogP contribution in [0.3, 0.4) is 0 Å². The number of carbonyl (C=O) groups is 1. The summed E-state index contributed by atoms with van der Waals surface area (Å²) in [5.41, 5.74) is 8.07. The molecule has 0 saturated carbocycles. The topological polar surface area (TPSA) is 91.2 Å².